The van der Waals surface area contributed by atoms with Crippen molar-refractivity contribution in [2.45, 2.75) is 13.0 Å². The Hall–Kier alpha value is -0.590. The lowest BCUT2D eigenvalue weighted by Crippen LogP contribution is -2.04. The minimum Gasteiger partial charge on any atom is -0.323 e. The Morgan fingerprint density at radius 1 is 1.32 bits per heavy atom. The van der Waals surface area contributed by atoms with Gasteiger partial charge in [-0.15, -0.1) is 22.9 Å². The molecule has 0 N–H and O–H groups in total. The first-order chi connectivity index (χ1) is 9.28. The van der Waals surface area contributed by atoms with Crippen molar-refractivity contribution in [3.05, 3.63) is 50.0 Å². The molecule has 0 aliphatic rings. The van der Waals surface area contributed by atoms with Crippen LogP contribution in [0.1, 0.15) is 10.7 Å². The van der Waals surface area contributed by atoms with Gasteiger partial charge in [-0.2, -0.15) is 0 Å². The quantitative estimate of drug-likeness (QED) is 0.463. The maximum absolute atomic E-state index is 5.90. The maximum Gasteiger partial charge on any atom is 0.111 e. The van der Waals surface area contributed by atoms with Crippen molar-refractivity contribution in [1.29, 1.82) is 0 Å². The zero-order valence-corrected chi connectivity index (χ0v) is 13.9. The highest BCUT2D eigenvalue weighted by atomic mass is 127. The first-order valence-corrected chi connectivity index (χ1v) is 8.50. The van der Waals surface area contributed by atoms with Crippen LogP contribution in [0.25, 0.3) is 11.0 Å². The Kier molecular flexibility index (Phi) is 4.10. The molecule has 98 valence electrons. The topological polar surface area (TPSA) is 17.8 Å². The molecule has 3 rings (SSSR count). The third-order valence-electron chi connectivity index (χ3n) is 3.00. The number of alkyl halides is 1. The molecule has 0 aliphatic heterocycles. The van der Waals surface area contributed by atoms with Gasteiger partial charge in [-0.3, -0.25) is 0 Å². The second-order valence-corrected chi connectivity index (χ2v) is 6.92. The molecule has 0 fully saturated rings. The number of aromatic nitrogens is 2. The van der Waals surface area contributed by atoms with E-state index in [9.17, 15) is 0 Å². The fourth-order valence-electron chi connectivity index (χ4n) is 2.16. The van der Waals surface area contributed by atoms with Gasteiger partial charge in [-0.05, 0) is 52.2 Å². The zero-order valence-electron chi connectivity index (χ0n) is 10.1. The fourth-order valence-corrected chi connectivity index (χ4v) is 3.50. The summed E-state index contributed by atoms with van der Waals surface area (Å²) in [5.74, 6) is 1.67. The van der Waals surface area contributed by atoms with E-state index in [0.29, 0.717) is 5.88 Å². The summed E-state index contributed by atoms with van der Waals surface area (Å²) in [5, 5.41) is 2.11. The van der Waals surface area contributed by atoms with Crippen molar-refractivity contribution in [3.63, 3.8) is 0 Å². The second-order valence-electron chi connectivity index (χ2n) is 4.27. The van der Waals surface area contributed by atoms with E-state index in [-0.39, 0.29) is 0 Å². The Bertz CT molecular complexity index is 691. The number of fused-ring (bicyclic) bond motifs is 1. The van der Waals surface area contributed by atoms with Crippen LogP contribution in [0, 0.1) is 3.57 Å². The van der Waals surface area contributed by atoms with E-state index < -0.39 is 0 Å². The summed E-state index contributed by atoms with van der Waals surface area (Å²) in [5.41, 5.74) is 2.25. The number of rotatable bonds is 4. The summed E-state index contributed by atoms with van der Waals surface area (Å²) < 4.78 is 3.49. The lowest BCUT2D eigenvalue weighted by molar-refractivity contribution is 0.763. The Morgan fingerprint density at radius 2 is 2.21 bits per heavy atom. The predicted octanol–water partition coefficient (Wildman–Crippen LogP) is 4.53. The van der Waals surface area contributed by atoms with Crippen molar-refractivity contribution < 1.29 is 0 Å². The van der Waals surface area contributed by atoms with Gasteiger partial charge in [0.2, 0.25) is 0 Å². The summed E-state index contributed by atoms with van der Waals surface area (Å²) in [4.78, 5) is 6.06. The van der Waals surface area contributed by atoms with E-state index in [4.69, 9.17) is 16.6 Å². The van der Waals surface area contributed by atoms with Crippen LogP contribution in [0.4, 0.5) is 0 Å². The summed E-state index contributed by atoms with van der Waals surface area (Å²) in [6.45, 7) is 0.876. The number of hydrogen-bond acceptors (Lipinski definition) is 2. The van der Waals surface area contributed by atoms with Gasteiger partial charge in [0, 0.05) is 20.7 Å². The van der Waals surface area contributed by atoms with E-state index in [2.05, 4.69) is 62.9 Å². The molecule has 0 spiro atoms. The zero-order chi connectivity index (χ0) is 13.2. The molecule has 0 unspecified atom stereocenters. The van der Waals surface area contributed by atoms with Gasteiger partial charge >= 0.3 is 0 Å². The van der Waals surface area contributed by atoms with Gasteiger partial charge in [0.05, 0.1) is 17.6 Å². The number of hydrogen-bond donors (Lipinski definition) is 0. The first kappa shape index (κ1) is 13.4. The van der Waals surface area contributed by atoms with Crippen LogP contribution in [0.3, 0.4) is 0 Å². The molecular weight excluding hydrogens is 391 g/mol. The summed E-state index contributed by atoms with van der Waals surface area (Å²) in [6, 6.07) is 10.6. The van der Waals surface area contributed by atoms with Gasteiger partial charge in [-0.25, -0.2) is 4.98 Å². The molecule has 0 bridgehead atoms. The van der Waals surface area contributed by atoms with Crippen molar-refractivity contribution in [3.8, 4) is 0 Å². The number of nitrogens with zero attached hydrogens (tertiary/aromatic N) is 2. The van der Waals surface area contributed by atoms with Crippen LogP contribution in [0.2, 0.25) is 0 Å². The predicted molar refractivity (Wildman–Crippen MR) is 90.3 cm³/mol. The van der Waals surface area contributed by atoms with E-state index in [1.165, 1.54) is 14.0 Å². The molecule has 2 heterocycles. The van der Waals surface area contributed by atoms with Crippen LogP contribution < -0.4 is 0 Å². The number of imidazole rings is 1. The molecule has 0 aliphatic carbocycles. The minimum atomic E-state index is 0.602. The molecular formula is C14H12ClIN2S. The monoisotopic (exact) mass is 402 g/mol. The average Bonchev–Trinajstić information content (AvgIpc) is 2.99. The van der Waals surface area contributed by atoms with Crippen LogP contribution in [-0.4, -0.2) is 15.4 Å². The average molecular weight is 403 g/mol. The van der Waals surface area contributed by atoms with Gasteiger partial charge in [0.15, 0.2) is 0 Å². The molecule has 1 aromatic carbocycles. The van der Waals surface area contributed by atoms with E-state index in [0.717, 1.165) is 24.3 Å². The van der Waals surface area contributed by atoms with Crippen molar-refractivity contribution in [2.75, 3.05) is 5.88 Å². The Labute approximate surface area is 134 Å². The van der Waals surface area contributed by atoms with E-state index in [1.807, 2.05) is 0 Å². The van der Waals surface area contributed by atoms with E-state index >= 15 is 0 Å². The lowest BCUT2D eigenvalue weighted by Gasteiger charge is -2.06. The molecule has 0 amide bonds. The number of aryl methyl sites for hydroxylation is 1. The highest BCUT2D eigenvalue weighted by Gasteiger charge is 2.11. The fraction of sp³-hybridized carbons (Fsp3) is 0.214. The molecule has 0 saturated carbocycles. The van der Waals surface area contributed by atoms with Crippen LogP contribution in [0.5, 0.6) is 0 Å². The van der Waals surface area contributed by atoms with Gasteiger partial charge in [-0.1, -0.05) is 6.07 Å². The maximum atomic E-state index is 5.90. The first-order valence-electron chi connectivity index (χ1n) is 6.01. The smallest absolute Gasteiger partial charge is 0.111 e. The van der Waals surface area contributed by atoms with Gasteiger partial charge in [0.25, 0.3) is 0 Å². The standard InChI is InChI=1S/C14H12ClIN2S/c15-6-5-14-17-12-8-10(16)3-4-13(12)18(14)9-11-2-1-7-19-11/h1-4,7-8H,5-6,9H2. The summed E-state index contributed by atoms with van der Waals surface area (Å²) in [6.07, 6.45) is 0.804. The van der Waals surface area contributed by atoms with Gasteiger partial charge in [0.1, 0.15) is 5.82 Å². The van der Waals surface area contributed by atoms with Crippen molar-refractivity contribution in [1.82, 2.24) is 9.55 Å². The van der Waals surface area contributed by atoms with Crippen molar-refractivity contribution in [2.24, 2.45) is 0 Å². The largest absolute Gasteiger partial charge is 0.323 e. The molecule has 3 aromatic rings. The molecule has 2 nitrogen and oxygen atoms in total. The normalized spacial score (nSPS) is 11.3. The van der Waals surface area contributed by atoms with Crippen molar-refractivity contribution >= 4 is 56.6 Å². The minimum absolute atomic E-state index is 0.602. The van der Waals surface area contributed by atoms with Crippen LogP contribution >= 0.6 is 45.5 Å². The number of benzene rings is 1. The Balaban J connectivity index is 2.10. The highest BCUT2D eigenvalue weighted by molar-refractivity contribution is 14.1. The number of thiophene rings is 1. The van der Waals surface area contributed by atoms with Crippen LogP contribution in [-0.2, 0) is 13.0 Å². The summed E-state index contributed by atoms with van der Waals surface area (Å²) >= 11 is 9.99. The molecule has 0 saturated heterocycles. The third kappa shape index (κ3) is 2.80. The second kappa shape index (κ2) is 5.81. The third-order valence-corrected chi connectivity index (χ3v) is 4.72. The Morgan fingerprint density at radius 3 is 2.95 bits per heavy atom. The summed E-state index contributed by atoms with van der Waals surface area (Å²) in [7, 11) is 0. The molecule has 0 radical (unpaired) electrons. The lowest BCUT2D eigenvalue weighted by atomic mass is 10.3. The van der Waals surface area contributed by atoms with Gasteiger partial charge < -0.3 is 4.57 Å². The van der Waals surface area contributed by atoms with Crippen LogP contribution in [0.15, 0.2) is 35.7 Å². The molecule has 0 atom stereocenters. The molecule has 2 aromatic heterocycles. The van der Waals surface area contributed by atoms with E-state index in [1.54, 1.807) is 11.3 Å². The number of halogens is 2. The highest BCUT2D eigenvalue weighted by Crippen LogP contribution is 2.22. The SMILES string of the molecule is ClCCc1nc2cc(I)ccc2n1Cc1cccs1. The molecule has 5 heteroatoms. The molecule has 19 heavy (non-hydrogen) atoms.